The molecule has 0 radical (unpaired) electrons. The third kappa shape index (κ3) is 3.70. The molecule has 2 aromatic carbocycles. The van der Waals surface area contributed by atoms with E-state index in [1.165, 1.54) is 16.7 Å². The molecule has 0 bridgehead atoms. The Kier molecular flexibility index (Phi) is 4.82. The van der Waals surface area contributed by atoms with Crippen molar-refractivity contribution in [3.63, 3.8) is 0 Å². The largest absolute Gasteiger partial charge is 0.387 e. The van der Waals surface area contributed by atoms with Gasteiger partial charge in [0.2, 0.25) is 0 Å². The van der Waals surface area contributed by atoms with Gasteiger partial charge in [-0.25, -0.2) is 0 Å². The van der Waals surface area contributed by atoms with E-state index in [1.54, 1.807) is 0 Å². The van der Waals surface area contributed by atoms with Crippen molar-refractivity contribution in [2.75, 3.05) is 6.54 Å². The van der Waals surface area contributed by atoms with E-state index < -0.39 is 6.10 Å². The molecule has 3 rings (SSSR count). The number of nitrogens with one attached hydrogen (secondary N) is 1. The number of hydrogen-bond donors (Lipinski definition) is 2. The number of aliphatic hydroxyl groups is 1. The van der Waals surface area contributed by atoms with Crippen LogP contribution in [0, 0.1) is 6.92 Å². The summed E-state index contributed by atoms with van der Waals surface area (Å²) in [5, 5.41) is 14.5. The van der Waals surface area contributed by atoms with Crippen LogP contribution in [0.3, 0.4) is 0 Å². The lowest BCUT2D eigenvalue weighted by Crippen LogP contribution is -2.37. The topological polar surface area (TPSA) is 32.3 Å². The minimum Gasteiger partial charge on any atom is -0.387 e. The van der Waals surface area contributed by atoms with Crippen molar-refractivity contribution in [1.82, 2.24) is 5.32 Å². The van der Waals surface area contributed by atoms with Crippen molar-refractivity contribution in [2.45, 2.75) is 38.3 Å². The first kappa shape index (κ1) is 15.5. The van der Waals surface area contributed by atoms with Crippen LogP contribution in [-0.4, -0.2) is 17.7 Å². The Morgan fingerprint density at radius 1 is 1.23 bits per heavy atom. The van der Waals surface area contributed by atoms with Gasteiger partial charge in [0.1, 0.15) is 0 Å². The van der Waals surface area contributed by atoms with Crippen molar-refractivity contribution in [1.29, 1.82) is 0 Å². The Labute approximate surface area is 137 Å². The molecule has 0 saturated heterocycles. The van der Waals surface area contributed by atoms with E-state index in [0.29, 0.717) is 17.6 Å². The van der Waals surface area contributed by atoms with Gasteiger partial charge >= 0.3 is 0 Å². The summed E-state index contributed by atoms with van der Waals surface area (Å²) in [6.07, 6.45) is 2.76. The normalized spacial score (nSPS) is 18.8. The maximum Gasteiger partial charge on any atom is 0.0914 e. The van der Waals surface area contributed by atoms with Crippen LogP contribution in [0.4, 0.5) is 0 Å². The Bertz CT molecular complexity index is 656. The number of aliphatic hydroxyl groups excluding tert-OH is 1. The number of rotatable bonds is 4. The van der Waals surface area contributed by atoms with Crippen molar-refractivity contribution >= 4 is 11.6 Å². The summed E-state index contributed by atoms with van der Waals surface area (Å²) in [4.78, 5) is 0. The molecule has 3 heteroatoms. The fraction of sp³-hybridized carbons (Fsp3) is 0.368. The SMILES string of the molecule is Cc1ccc2c(c1)CC(NCC(O)c1cccc(Cl)c1)CC2. The number of benzene rings is 2. The minimum absolute atomic E-state index is 0.433. The third-order valence-corrected chi connectivity index (χ3v) is 4.66. The highest BCUT2D eigenvalue weighted by Gasteiger charge is 2.19. The molecule has 0 spiro atoms. The molecule has 0 amide bonds. The number of aryl methyl sites for hydroxylation is 2. The first-order chi connectivity index (χ1) is 10.6. The highest BCUT2D eigenvalue weighted by molar-refractivity contribution is 6.30. The van der Waals surface area contributed by atoms with Gasteiger partial charge in [0.25, 0.3) is 0 Å². The van der Waals surface area contributed by atoms with Crippen LogP contribution in [-0.2, 0) is 12.8 Å². The van der Waals surface area contributed by atoms with Crippen molar-refractivity contribution in [2.24, 2.45) is 0 Å². The van der Waals surface area contributed by atoms with Crippen LogP contribution in [0.25, 0.3) is 0 Å². The van der Waals surface area contributed by atoms with E-state index in [-0.39, 0.29) is 0 Å². The number of fused-ring (bicyclic) bond motifs is 1. The first-order valence-electron chi connectivity index (χ1n) is 7.87. The van der Waals surface area contributed by atoms with E-state index >= 15 is 0 Å². The predicted molar refractivity (Wildman–Crippen MR) is 91.4 cm³/mol. The Hall–Kier alpha value is -1.35. The van der Waals surface area contributed by atoms with Gasteiger partial charge in [-0.05, 0) is 55.0 Å². The second-order valence-electron chi connectivity index (χ2n) is 6.19. The molecule has 22 heavy (non-hydrogen) atoms. The monoisotopic (exact) mass is 315 g/mol. The van der Waals surface area contributed by atoms with Crippen LogP contribution >= 0.6 is 11.6 Å². The molecule has 1 aliphatic rings. The Morgan fingerprint density at radius 3 is 2.91 bits per heavy atom. The highest BCUT2D eigenvalue weighted by atomic mass is 35.5. The lowest BCUT2D eigenvalue weighted by atomic mass is 9.87. The summed E-state index contributed by atoms with van der Waals surface area (Å²) in [5.74, 6) is 0. The quantitative estimate of drug-likeness (QED) is 0.898. The average Bonchev–Trinajstić information content (AvgIpc) is 2.52. The van der Waals surface area contributed by atoms with Gasteiger partial charge < -0.3 is 10.4 Å². The molecule has 2 N–H and O–H groups in total. The molecule has 2 aromatic rings. The molecule has 0 aromatic heterocycles. The summed E-state index contributed by atoms with van der Waals surface area (Å²) in [7, 11) is 0. The smallest absolute Gasteiger partial charge is 0.0914 e. The maximum absolute atomic E-state index is 10.3. The number of halogens is 1. The molecule has 1 aliphatic carbocycles. The van der Waals surface area contributed by atoms with Crippen molar-refractivity contribution < 1.29 is 5.11 Å². The molecule has 2 unspecified atom stereocenters. The number of hydrogen-bond acceptors (Lipinski definition) is 2. The van der Waals surface area contributed by atoms with E-state index in [2.05, 4.69) is 30.4 Å². The van der Waals surface area contributed by atoms with E-state index in [1.807, 2.05) is 24.3 Å². The van der Waals surface area contributed by atoms with E-state index in [4.69, 9.17) is 11.6 Å². The summed E-state index contributed by atoms with van der Waals surface area (Å²) < 4.78 is 0. The molecule has 0 saturated carbocycles. The lowest BCUT2D eigenvalue weighted by molar-refractivity contribution is 0.168. The molecule has 0 aliphatic heterocycles. The van der Waals surface area contributed by atoms with Crippen molar-refractivity contribution in [3.05, 3.63) is 69.7 Å². The molecule has 0 fully saturated rings. The maximum atomic E-state index is 10.3. The van der Waals surface area contributed by atoms with Crippen LogP contribution in [0.1, 0.15) is 34.8 Å². The van der Waals surface area contributed by atoms with Gasteiger partial charge in [0.15, 0.2) is 0 Å². The summed E-state index contributed by atoms with van der Waals surface area (Å²) in [6.45, 7) is 2.70. The predicted octanol–water partition coefficient (Wildman–Crippen LogP) is 3.83. The first-order valence-corrected chi connectivity index (χ1v) is 8.25. The van der Waals surface area contributed by atoms with Crippen molar-refractivity contribution in [3.8, 4) is 0 Å². The minimum atomic E-state index is -0.516. The van der Waals surface area contributed by atoms with E-state index in [0.717, 1.165) is 24.8 Å². The zero-order valence-corrected chi connectivity index (χ0v) is 13.6. The summed E-state index contributed by atoms with van der Waals surface area (Å²) >= 11 is 5.98. The van der Waals surface area contributed by atoms with Gasteiger partial charge in [-0.3, -0.25) is 0 Å². The lowest BCUT2D eigenvalue weighted by Gasteiger charge is -2.27. The molecular formula is C19H22ClNO. The zero-order chi connectivity index (χ0) is 15.5. The van der Waals surface area contributed by atoms with Gasteiger partial charge in [-0.15, -0.1) is 0 Å². The summed E-state index contributed by atoms with van der Waals surface area (Å²) in [6, 6.07) is 14.6. The molecule has 0 heterocycles. The molecular weight excluding hydrogens is 294 g/mol. The van der Waals surface area contributed by atoms with Gasteiger partial charge in [0, 0.05) is 17.6 Å². The second-order valence-corrected chi connectivity index (χ2v) is 6.63. The molecule has 116 valence electrons. The highest BCUT2D eigenvalue weighted by Crippen LogP contribution is 2.23. The van der Waals surface area contributed by atoms with Gasteiger partial charge in [-0.2, -0.15) is 0 Å². The van der Waals surface area contributed by atoms with Crippen LogP contribution in [0.5, 0.6) is 0 Å². The van der Waals surface area contributed by atoms with E-state index in [9.17, 15) is 5.11 Å². The summed E-state index contributed by atoms with van der Waals surface area (Å²) in [5.41, 5.74) is 5.10. The Balaban J connectivity index is 1.58. The second kappa shape index (κ2) is 6.82. The fourth-order valence-electron chi connectivity index (χ4n) is 3.17. The fourth-order valence-corrected chi connectivity index (χ4v) is 3.37. The van der Waals surface area contributed by atoms with Crippen LogP contribution in [0.15, 0.2) is 42.5 Å². The van der Waals surface area contributed by atoms with Gasteiger partial charge in [0.05, 0.1) is 6.10 Å². The van der Waals surface area contributed by atoms with Crippen LogP contribution < -0.4 is 5.32 Å². The van der Waals surface area contributed by atoms with Gasteiger partial charge in [-0.1, -0.05) is 47.5 Å². The zero-order valence-electron chi connectivity index (χ0n) is 12.8. The molecule has 2 atom stereocenters. The molecule has 2 nitrogen and oxygen atoms in total. The van der Waals surface area contributed by atoms with Crippen LogP contribution in [0.2, 0.25) is 5.02 Å². The standard InChI is InChI=1S/C19H22ClNO/c1-13-5-6-14-7-8-18(11-16(14)9-13)21-12-19(22)15-3-2-4-17(20)10-15/h2-6,9-10,18-19,21-22H,7-8,11-12H2,1H3. The third-order valence-electron chi connectivity index (χ3n) is 4.42. The average molecular weight is 316 g/mol. The Morgan fingerprint density at radius 2 is 2.09 bits per heavy atom.